The molecule has 1 saturated carbocycles. The molecule has 60 valence electrons. The third-order valence-corrected chi connectivity index (χ3v) is 2.20. The van der Waals surface area contributed by atoms with Crippen molar-refractivity contribution in [3.63, 3.8) is 0 Å². The maximum atomic E-state index is 12.8. The lowest BCUT2D eigenvalue weighted by Crippen LogP contribution is -2.40. The van der Waals surface area contributed by atoms with Gasteiger partial charge >= 0.3 is 0 Å². The molecule has 2 atom stereocenters. The molecule has 0 spiro atoms. The van der Waals surface area contributed by atoms with Crippen molar-refractivity contribution < 1.29 is 8.78 Å². The van der Waals surface area contributed by atoms with Crippen LogP contribution in [0.15, 0.2) is 0 Å². The molecule has 0 amide bonds. The lowest BCUT2D eigenvalue weighted by Gasteiger charge is -2.30. The van der Waals surface area contributed by atoms with Crippen molar-refractivity contribution in [2.24, 2.45) is 11.7 Å². The first kappa shape index (κ1) is 7.92. The number of alkyl halides is 2. The summed E-state index contributed by atoms with van der Waals surface area (Å²) in [6.07, 6.45) is -1.44. The average Bonchev–Trinajstić information content (AvgIpc) is 1.82. The first-order chi connectivity index (χ1) is 4.61. The molecular weight excluding hydrogens is 136 g/mol. The Morgan fingerprint density at radius 2 is 1.60 bits per heavy atom. The molecule has 0 aromatic rings. The molecule has 0 saturated heterocycles. The lowest BCUT2D eigenvalue weighted by atomic mass is 9.85. The molecule has 0 bridgehead atoms. The summed E-state index contributed by atoms with van der Waals surface area (Å²) in [7, 11) is 0. The molecule has 3 heteroatoms. The SMILES string of the molecule is CC1C(F)CC(N)CC1F. The van der Waals surface area contributed by atoms with Gasteiger partial charge in [0.2, 0.25) is 0 Å². The fourth-order valence-electron chi connectivity index (χ4n) is 1.33. The summed E-state index contributed by atoms with van der Waals surface area (Å²) in [5, 5.41) is 0. The Morgan fingerprint density at radius 3 is 2.00 bits per heavy atom. The van der Waals surface area contributed by atoms with E-state index in [0.29, 0.717) is 12.8 Å². The topological polar surface area (TPSA) is 26.0 Å². The van der Waals surface area contributed by atoms with E-state index < -0.39 is 18.3 Å². The number of nitrogens with two attached hydrogens (primary N) is 1. The van der Waals surface area contributed by atoms with Gasteiger partial charge in [-0.25, -0.2) is 8.78 Å². The van der Waals surface area contributed by atoms with Crippen LogP contribution in [0.3, 0.4) is 0 Å². The zero-order chi connectivity index (χ0) is 7.72. The van der Waals surface area contributed by atoms with E-state index in [1.807, 2.05) is 0 Å². The van der Waals surface area contributed by atoms with Crippen molar-refractivity contribution >= 4 is 0 Å². The minimum absolute atomic E-state index is 0.277. The summed E-state index contributed by atoms with van der Waals surface area (Å²) in [6, 6.07) is -0.277. The van der Waals surface area contributed by atoms with Crippen LogP contribution >= 0.6 is 0 Å². The van der Waals surface area contributed by atoms with E-state index in [9.17, 15) is 8.78 Å². The van der Waals surface area contributed by atoms with Crippen molar-refractivity contribution in [1.82, 2.24) is 0 Å². The third-order valence-electron chi connectivity index (χ3n) is 2.20. The van der Waals surface area contributed by atoms with Gasteiger partial charge in [0.25, 0.3) is 0 Å². The molecular formula is C7H13F2N. The van der Waals surface area contributed by atoms with Gasteiger partial charge in [-0.05, 0) is 12.8 Å². The van der Waals surface area contributed by atoms with Crippen LogP contribution in [0.2, 0.25) is 0 Å². The number of hydrogen-bond acceptors (Lipinski definition) is 1. The fourth-order valence-corrected chi connectivity index (χ4v) is 1.33. The Bertz CT molecular complexity index is 106. The molecule has 0 aromatic heterocycles. The smallest absolute Gasteiger partial charge is 0.107 e. The van der Waals surface area contributed by atoms with Gasteiger partial charge in [-0.3, -0.25) is 0 Å². The fraction of sp³-hybridized carbons (Fsp3) is 1.00. The first-order valence-corrected chi connectivity index (χ1v) is 3.65. The van der Waals surface area contributed by atoms with Gasteiger partial charge in [-0.2, -0.15) is 0 Å². The molecule has 1 nitrogen and oxygen atoms in total. The van der Waals surface area contributed by atoms with Gasteiger partial charge < -0.3 is 5.73 Å². The Balaban J connectivity index is 2.49. The zero-order valence-corrected chi connectivity index (χ0v) is 6.06. The van der Waals surface area contributed by atoms with E-state index in [0.717, 1.165) is 0 Å². The van der Waals surface area contributed by atoms with Crippen molar-refractivity contribution in [3.8, 4) is 0 Å². The Kier molecular flexibility index (Phi) is 2.24. The highest BCUT2D eigenvalue weighted by atomic mass is 19.1. The normalized spacial score (nSPS) is 49.2. The summed E-state index contributed by atoms with van der Waals surface area (Å²) in [5.41, 5.74) is 5.40. The highest BCUT2D eigenvalue weighted by molar-refractivity contribution is 4.85. The maximum Gasteiger partial charge on any atom is 0.107 e. The highest BCUT2D eigenvalue weighted by Crippen LogP contribution is 2.28. The van der Waals surface area contributed by atoms with Crippen molar-refractivity contribution in [2.75, 3.05) is 0 Å². The van der Waals surface area contributed by atoms with E-state index in [1.165, 1.54) is 0 Å². The van der Waals surface area contributed by atoms with Crippen LogP contribution < -0.4 is 5.73 Å². The van der Waals surface area contributed by atoms with Crippen LogP contribution in [0.25, 0.3) is 0 Å². The summed E-state index contributed by atoms with van der Waals surface area (Å²) in [5.74, 6) is -0.459. The molecule has 0 aliphatic heterocycles. The van der Waals surface area contributed by atoms with Crippen LogP contribution in [-0.4, -0.2) is 18.4 Å². The average molecular weight is 149 g/mol. The quantitative estimate of drug-likeness (QED) is 0.553. The van der Waals surface area contributed by atoms with Gasteiger partial charge in [0.15, 0.2) is 0 Å². The summed E-state index contributed by atoms with van der Waals surface area (Å²) >= 11 is 0. The highest BCUT2D eigenvalue weighted by Gasteiger charge is 2.33. The standard InChI is InChI=1S/C7H13F2N/c1-4-6(8)2-5(10)3-7(4)9/h4-7H,2-3,10H2,1H3. The summed E-state index contributed by atoms with van der Waals surface area (Å²) in [6.45, 7) is 1.60. The maximum absolute atomic E-state index is 12.8. The molecule has 0 aromatic carbocycles. The largest absolute Gasteiger partial charge is 0.327 e. The Hall–Kier alpha value is -0.180. The molecule has 10 heavy (non-hydrogen) atoms. The second-order valence-electron chi connectivity index (χ2n) is 3.12. The summed E-state index contributed by atoms with van der Waals surface area (Å²) in [4.78, 5) is 0. The van der Waals surface area contributed by atoms with E-state index >= 15 is 0 Å². The van der Waals surface area contributed by atoms with Crippen molar-refractivity contribution in [1.29, 1.82) is 0 Å². The molecule has 1 rings (SSSR count). The molecule has 1 fully saturated rings. The van der Waals surface area contributed by atoms with Gasteiger partial charge in [-0.1, -0.05) is 6.92 Å². The number of halogens is 2. The number of rotatable bonds is 0. The predicted octanol–water partition coefficient (Wildman–Crippen LogP) is 1.42. The molecule has 1 aliphatic carbocycles. The van der Waals surface area contributed by atoms with Crippen LogP contribution in [0.1, 0.15) is 19.8 Å². The molecule has 1 aliphatic rings. The van der Waals surface area contributed by atoms with Crippen LogP contribution in [0.4, 0.5) is 8.78 Å². The molecule has 0 radical (unpaired) electrons. The number of hydrogen-bond donors (Lipinski definition) is 1. The Labute approximate surface area is 59.6 Å². The van der Waals surface area contributed by atoms with Gasteiger partial charge in [0, 0.05) is 12.0 Å². The minimum atomic E-state index is -1.04. The van der Waals surface area contributed by atoms with Crippen molar-refractivity contribution in [3.05, 3.63) is 0 Å². The first-order valence-electron chi connectivity index (χ1n) is 3.65. The monoisotopic (exact) mass is 149 g/mol. The Morgan fingerprint density at radius 1 is 1.20 bits per heavy atom. The second kappa shape index (κ2) is 2.82. The van der Waals surface area contributed by atoms with Gasteiger partial charge in [0.1, 0.15) is 12.3 Å². The summed E-state index contributed by atoms with van der Waals surface area (Å²) < 4.78 is 25.5. The van der Waals surface area contributed by atoms with Gasteiger partial charge in [-0.15, -0.1) is 0 Å². The zero-order valence-electron chi connectivity index (χ0n) is 6.06. The van der Waals surface area contributed by atoms with Crippen molar-refractivity contribution in [2.45, 2.75) is 38.2 Å². The third kappa shape index (κ3) is 1.45. The van der Waals surface area contributed by atoms with E-state index in [-0.39, 0.29) is 6.04 Å². The van der Waals surface area contributed by atoms with E-state index in [2.05, 4.69) is 0 Å². The second-order valence-corrected chi connectivity index (χ2v) is 3.12. The van der Waals surface area contributed by atoms with Crippen LogP contribution in [0.5, 0.6) is 0 Å². The van der Waals surface area contributed by atoms with Crippen LogP contribution in [-0.2, 0) is 0 Å². The lowest BCUT2D eigenvalue weighted by molar-refractivity contribution is 0.0770. The minimum Gasteiger partial charge on any atom is -0.327 e. The van der Waals surface area contributed by atoms with E-state index in [4.69, 9.17) is 5.73 Å². The van der Waals surface area contributed by atoms with Gasteiger partial charge in [0.05, 0.1) is 0 Å². The predicted molar refractivity (Wildman–Crippen MR) is 36.2 cm³/mol. The van der Waals surface area contributed by atoms with Crippen LogP contribution in [0, 0.1) is 5.92 Å². The molecule has 2 unspecified atom stereocenters. The molecule has 2 N–H and O–H groups in total. The molecule has 0 heterocycles. The van der Waals surface area contributed by atoms with E-state index in [1.54, 1.807) is 6.92 Å².